The predicted octanol–water partition coefficient (Wildman–Crippen LogP) is 4.72. The van der Waals surface area contributed by atoms with Crippen LogP contribution in [0.5, 0.6) is 0 Å². The maximum atomic E-state index is 6.54. The Kier molecular flexibility index (Phi) is 3.88. The molecule has 0 bridgehead atoms. The SMILES string of the molecule is NC(C1=Nc2cc(Br)ccc2Nc2ccccc21)c1cccnc1. The third-order valence-electron chi connectivity index (χ3n) is 4.01. The van der Waals surface area contributed by atoms with Gasteiger partial charge in [-0.1, -0.05) is 40.2 Å². The van der Waals surface area contributed by atoms with Crippen molar-refractivity contribution in [3.8, 4) is 0 Å². The van der Waals surface area contributed by atoms with Crippen LogP contribution in [0.4, 0.5) is 17.1 Å². The molecule has 0 fully saturated rings. The topological polar surface area (TPSA) is 63.3 Å². The molecule has 2 heterocycles. The second-order valence-electron chi connectivity index (χ2n) is 5.59. The molecule has 0 amide bonds. The molecule has 0 aliphatic carbocycles. The van der Waals surface area contributed by atoms with Crippen molar-refractivity contribution in [2.75, 3.05) is 5.32 Å². The van der Waals surface area contributed by atoms with Gasteiger partial charge in [0.25, 0.3) is 0 Å². The van der Waals surface area contributed by atoms with Crippen molar-refractivity contribution in [2.24, 2.45) is 10.7 Å². The number of nitrogens with two attached hydrogens (primary N) is 1. The van der Waals surface area contributed by atoms with Gasteiger partial charge in [0.1, 0.15) is 0 Å². The summed E-state index contributed by atoms with van der Waals surface area (Å²) in [6, 6.07) is 17.6. The van der Waals surface area contributed by atoms with E-state index < -0.39 is 0 Å². The van der Waals surface area contributed by atoms with E-state index in [1.807, 2.05) is 54.6 Å². The third-order valence-corrected chi connectivity index (χ3v) is 4.50. The fraction of sp³-hybridized carbons (Fsp3) is 0.0526. The van der Waals surface area contributed by atoms with Gasteiger partial charge in [-0.05, 0) is 35.9 Å². The van der Waals surface area contributed by atoms with Crippen molar-refractivity contribution >= 4 is 38.7 Å². The lowest BCUT2D eigenvalue weighted by Gasteiger charge is -2.16. The number of nitrogens with one attached hydrogen (secondary N) is 1. The first-order valence-electron chi connectivity index (χ1n) is 7.62. The molecule has 3 N–H and O–H groups in total. The van der Waals surface area contributed by atoms with Crippen molar-refractivity contribution < 1.29 is 0 Å². The van der Waals surface area contributed by atoms with E-state index in [0.717, 1.165) is 38.4 Å². The zero-order chi connectivity index (χ0) is 16.5. The van der Waals surface area contributed by atoms with Crippen molar-refractivity contribution in [2.45, 2.75) is 6.04 Å². The molecule has 0 saturated carbocycles. The second-order valence-corrected chi connectivity index (χ2v) is 6.51. The lowest BCUT2D eigenvalue weighted by atomic mass is 9.97. The van der Waals surface area contributed by atoms with Gasteiger partial charge in [0.15, 0.2) is 0 Å². The number of benzene rings is 2. The summed E-state index contributed by atoms with van der Waals surface area (Å²) in [5.74, 6) is 0. The highest BCUT2D eigenvalue weighted by Crippen LogP contribution is 2.37. The molecule has 3 aromatic rings. The number of hydrogen-bond donors (Lipinski definition) is 2. The Morgan fingerprint density at radius 1 is 1.00 bits per heavy atom. The number of anilines is 2. The van der Waals surface area contributed by atoms with Gasteiger partial charge in [-0.25, -0.2) is 4.99 Å². The molecule has 5 heteroatoms. The van der Waals surface area contributed by atoms with E-state index in [4.69, 9.17) is 10.7 Å². The summed E-state index contributed by atoms with van der Waals surface area (Å²) in [5, 5.41) is 3.46. The van der Waals surface area contributed by atoms with Crippen LogP contribution in [0.3, 0.4) is 0 Å². The van der Waals surface area contributed by atoms with Gasteiger partial charge in [-0.2, -0.15) is 0 Å². The minimum atomic E-state index is -0.355. The Balaban J connectivity index is 1.92. The van der Waals surface area contributed by atoms with Gasteiger partial charge >= 0.3 is 0 Å². The van der Waals surface area contributed by atoms with Crippen LogP contribution in [-0.2, 0) is 0 Å². The zero-order valence-electron chi connectivity index (χ0n) is 12.8. The van der Waals surface area contributed by atoms with E-state index in [1.54, 1.807) is 12.4 Å². The minimum absolute atomic E-state index is 0.355. The molecule has 1 aliphatic rings. The number of para-hydroxylation sites is 1. The smallest absolute Gasteiger partial charge is 0.0880 e. The predicted molar refractivity (Wildman–Crippen MR) is 101 cm³/mol. The number of halogens is 1. The van der Waals surface area contributed by atoms with Crippen molar-refractivity contribution in [1.82, 2.24) is 4.98 Å². The highest BCUT2D eigenvalue weighted by atomic mass is 79.9. The number of rotatable bonds is 2. The Hall–Kier alpha value is -2.50. The van der Waals surface area contributed by atoms with Gasteiger partial charge in [0.2, 0.25) is 0 Å². The van der Waals surface area contributed by atoms with E-state index in [0.29, 0.717) is 0 Å². The highest BCUT2D eigenvalue weighted by molar-refractivity contribution is 9.10. The zero-order valence-corrected chi connectivity index (χ0v) is 14.4. The van der Waals surface area contributed by atoms with Gasteiger partial charge in [0.05, 0.1) is 23.1 Å². The number of nitrogens with zero attached hydrogens (tertiary/aromatic N) is 2. The van der Waals surface area contributed by atoms with Crippen LogP contribution in [0.2, 0.25) is 0 Å². The summed E-state index contributed by atoms with van der Waals surface area (Å²) in [4.78, 5) is 9.07. The standard InChI is InChI=1S/C19H15BrN4/c20-13-7-8-16-17(10-13)24-19(14-5-1-2-6-15(14)23-16)18(21)12-4-3-9-22-11-12/h1-11,18,23H,21H2. The van der Waals surface area contributed by atoms with E-state index in [1.165, 1.54) is 0 Å². The normalized spacial score (nSPS) is 13.8. The quantitative estimate of drug-likeness (QED) is 0.677. The number of fused-ring (bicyclic) bond motifs is 2. The monoisotopic (exact) mass is 378 g/mol. The van der Waals surface area contributed by atoms with Crippen molar-refractivity contribution in [3.63, 3.8) is 0 Å². The van der Waals surface area contributed by atoms with Gasteiger partial charge in [-0.15, -0.1) is 0 Å². The van der Waals surface area contributed by atoms with E-state index >= 15 is 0 Å². The lowest BCUT2D eigenvalue weighted by Crippen LogP contribution is -2.22. The summed E-state index contributed by atoms with van der Waals surface area (Å²) < 4.78 is 0.979. The summed E-state index contributed by atoms with van der Waals surface area (Å²) >= 11 is 3.51. The number of aliphatic imine (C=N–C) groups is 1. The first kappa shape index (κ1) is 15.1. The molecule has 0 radical (unpaired) electrons. The van der Waals surface area contributed by atoms with Gasteiger partial charge in [-0.3, -0.25) is 4.98 Å². The van der Waals surface area contributed by atoms with Crippen LogP contribution in [0, 0.1) is 0 Å². The van der Waals surface area contributed by atoms with Crippen LogP contribution in [0.25, 0.3) is 0 Å². The first-order valence-corrected chi connectivity index (χ1v) is 8.42. The van der Waals surface area contributed by atoms with Crippen LogP contribution in [-0.4, -0.2) is 10.7 Å². The van der Waals surface area contributed by atoms with E-state index in [2.05, 4.69) is 26.2 Å². The summed E-state index contributed by atoms with van der Waals surface area (Å²) in [6.07, 6.45) is 3.53. The maximum Gasteiger partial charge on any atom is 0.0880 e. The maximum absolute atomic E-state index is 6.54. The molecule has 1 aliphatic heterocycles. The van der Waals surface area contributed by atoms with Gasteiger partial charge in [0, 0.05) is 28.1 Å². The second kappa shape index (κ2) is 6.19. The van der Waals surface area contributed by atoms with E-state index in [-0.39, 0.29) is 6.04 Å². The van der Waals surface area contributed by atoms with Gasteiger partial charge < -0.3 is 11.1 Å². The molecule has 4 nitrogen and oxygen atoms in total. The number of pyridine rings is 1. The summed E-state index contributed by atoms with van der Waals surface area (Å²) in [6.45, 7) is 0. The number of hydrogen-bond acceptors (Lipinski definition) is 4. The molecule has 118 valence electrons. The van der Waals surface area contributed by atoms with E-state index in [9.17, 15) is 0 Å². The van der Waals surface area contributed by atoms with Crippen molar-refractivity contribution in [1.29, 1.82) is 0 Å². The fourth-order valence-corrected chi connectivity index (χ4v) is 3.16. The Labute approximate surface area is 148 Å². The molecule has 1 unspecified atom stereocenters. The summed E-state index contributed by atoms with van der Waals surface area (Å²) in [5.41, 5.74) is 12.1. The Morgan fingerprint density at radius 3 is 2.71 bits per heavy atom. The molecule has 1 atom stereocenters. The molecule has 2 aromatic carbocycles. The highest BCUT2D eigenvalue weighted by Gasteiger charge is 2.22. The average Bonchev–Trinajstić information content (AvgIpc) is 2.78. The Bertz CT molecular complexity index is 922. The third kappa shape index (κ3) is 2.72. The molecule has 0 saturated heterocycles. The van der Waals surface area contributed by atoms with Crippen LogP contribution in [0.1, 0.15) is 17.2 Å². The molecular formula is C19H15BrN4. The number of aromatic nitrogens is 1. The lowest BCUT2D eigenvalue weighted by molar-refractivity contribution is 0.948. The summed E-state index contributed by atoms with van der Waals surface area (Å²) in [7, 11) is 0. The van der Waals surface area contributed by atoms with Crippen LogP contribution < -0.4 is 11.1 Å². The molecule has 4 rings (SSSR count). The first-order chi connectivity index (χ1) is 11.7. The van der Waals surface area contributed by atoms with Crippen LogP contribution in [0.15, 0.2) is 76.5 Å². The molecule has 0 spiro atoms. The molecular weight excluding hydrogens is 364 g/mol. The average molecular weight is 379 g/mol. The van der Waals surface area contributed by atoms with Crippen LogP contribution >= 0.6 is 15.9 Å². The minimum Gasteiger partial charge on any atom is -0.353 e. The largest absolute Gasteiger partial charge is 0.353 e. The molecule has 24 heavy (non-hydrogen) atoms. The van der Waals surface area contributed by atoms with Crippen molar-refractivity contribution in [3.05, 3.63) is 82.6 Å². The Morgan fingerprint density at radius 2 is 1.88 bits per heavy atom. The molecule has 1 aromatic heterocycles. The fourth-order valence-electron chi connectivity index (χ4n) is 2.81.